The summed E-state index contributed by atoms with van der Waals surface area (Å²) in [6, 6.07) is 31.0. The van der Waals surface area contributed by atoms with Crippen molar-refractivity contribution in [3.8, 4) is 11.5 Å². The number of rotatable bonds is 6. The van der Waals surface area contributed by atoms with E-state index in [1.165, 1.54) is 60.7 Å². The first-order valence-corrected chi connectivity index (χ1v) is 14.0. The van der Waals surface area contributed by atoms with Crippen molar-refractivity contribution in [3.63, 3.8) is 0 Å². The molecule has 0 unspecified atom stereocenters. The number of nitrogens with zero attached hydrogens (tertiary/aromatic N) is 2. The van der Waals surface area contributed by atoms with Crippen LogP contribution in [-0.4, -0.2) is 35.6 Å². The molecule has 0 aliphatic carbocycles. The van der Waals surface area contributed by atoms with Gasteiger partial charge in [0.1, 0.15) is 11.5 Å². The molecular weight excluding hydrogens is 588 g/mol. The number of imide groups is 2. The zero-order valence-corrected chi connectivity index (χ0v) is 23.7. The lowest BCUT2D eigenvalue weighted by Gasteiger charge is -2.13. The summed E-state index contributed by atoms with van der Waals surface area (Å²) in [6.45, 7) is 0. The summed E-state index contributed by atoms with van der Waals surface area (Å²) >= 11 is 0. The van der Waals surface area contributed by atoms with Crippen molar-refractivity contribution < 1.29 is 38.2 Å². The van der Waals surface area contributed by atoms with Crippen LogP contribution < -0.4 is 19.3 Å². The number of ether oxygens (including phenoxy) is 2. The average Bonchev–Trinajstić information content (AvgIpc) is 3.49. The van der Waals surface area contributed by atoms with E-state index in [1.807, 2.05) is 0 Å². The van der Waals surface area contributed by atoms with Crippen molar-refractivity contribution >= 4 is 46.9 Å². The van der Waals surface area contributed by atoms with E-state index >= 15 is 0 Å². The average molecular weight is 609 g/mol. The van der Waals surface area contributed by atoms with Gasteiger partial charge in [-0.05, 0) is 84.9 Å². The van der Waals surface area contributed by atoms with Gasteiger partial charge in [-0.15, -0.1) is 0 Å². The number of esters is 2. The number of para-hydroxylation sites is 2. The molecule has 222 valence electrons. The van der Waals surface area contributed by atoms with Gasteiger partial charge < -0.3 is 9.47 Å². The zero-order chi connectivity index (χ0) is 31.9. The van der Waals surface area contributed by atoms with Crippen LogP contribution in [0, 0.1) is 0 Å². The molecule has 2 aliphatic rings. The molecule has 0 spiro atoms. The fourth-order valence-electron chi connectivity index (χ4n) is 5.27. The second-order valence-corrected chi connectivity index (χ2v) is 10.3. The Hall–Kier alpha value is -6.68. The third-order valence-electron chi connectivity index (χ3n) is 7.52. The SMILES string of the molecule is O=C(Oc1ccc(OC(=O)c2ccc3c(c2)C(=O)N(c2ccccc2)C3=O)cc1)c1ccc2c(c1)C(=O)N(c1ccccc1)C2=O. The smallest absolute Gasteiger partial charge is 0.343 e. The van der Waals surface area contributed by atoms with Crippen molar-refractivity contribution in [1.29, 1.82) is 0 Å². The predicted molar refractivity (Wildman–Crippen MR) is 164 cm³/mol. The summed E-state index contributed by atoms with van der Waals surface area (Å²) in [5.41, 5.74) is 1.54. The number of hydrogen-bond acceptors (Lipinski definition) is 8. The summed E-state index contributed by atoms with van der Waals surface area (Å²) in [4.78, 5) is 79.6. The van der Waals surface area contributed by atoms with Crippen LogP contribution in [0.15, 0.2) is 121 Å². The first kappa shape index (κ1) is 28.1. The highest BCUT2D eigenvalue weighted by molar-refractivity contribution is 6.35. The van der Waals surface area contributed by atoms with E-state index in [1.54, 1.807) is 60.7 Å². The van der Waals surface area contributed by atoms with Crippen LogP contribution in [0.2, 0.25) is 0 Å². The van der Waals surface area contributed by atoms with Crippen molar-refractivity contribution in [3.05, 3.63) is 155 Å². The third-order valence-corrected chi connectivity index (χ3v) is 7.52. The van der Waals surface area contributed by atoms with Gasteiger partial charge >= 0.3 is 11.9 Å². The van der Waals surface area contributed by atoms with Crippen LogP contribution in [0.25, 0.3) is 0 Å². The van der Waals surface area contributed by atoms with Crippen LogP contribution in [-0.2, 0) is 0 Å². The Morgan fingerprint density at radius 3 is 1.13 bits per heavy atom. The molecule has 46 heavy (non-hydrogen) atoms. The Labute approximate surface area is 261 Å². The number of hydrogen-bond donors (Lipinski definition) is 0. The number of carbonyl (C=O) groups is 6. The molecule has 7 rings (SSSR count). The van der Waals surface area contributed by atoms with Crippen LogP contribution in [0.1, 0.15) is 62.1 Å². The van der Waals surface area contributed by atoms with Crippen molar-refractivity contribution in [1.82, 2.24) is 0 Å². The molecule has 0 saturated carbocycles. The number of fused-ring (bicyclic) bond motifs is 2. The first-order valence-electron chi connectivity index (χ1n) is 14.0. The van der Waals surface area contributed by atoms with Gasteiger partial charge in [0.25, 0.3) is 23.6 Å². The van der Waals surface area contributed by atoms with Gasteiger partial charge in [-0.25, -0.2) is 19.4 Å². The minimum atomic E-state index is -0.757. The highest BCUT2D eigenvalue weighted by Crippen LogP contribution is 2.31. The van der Waals surface area contributed by atoms with Gasteiger partial charge in [0, 0.05) is 0 Å². The maximum absolute atomic E-state index is 13.0. The van der Waals surface area contributed by atoms with Crippen LogP contribution >= 0.6 is 0 Å². The molecule has 10 nitrogen and oxygen atoms in total. The number of anilines is 2. The van der Waals surface area contributed by atoms with Gasteiger partial charge in [0.2, 0.25) is 0 Å². The molecule has 2 aliphatic heterocycles. The fraction of sp³-hybridized carbons (Fsp3) is 0. The summed E-state index contributed by atoms with van der Waals surface area (Å²) in [5, 5.41) is 0. The Kier molecular flexibility index (Phi) is 6.79. The monoisotopic (exact) mass is 608 g/mol. The minimum absolute atomic E-state index is 0.0702. The Balaban J connectivity index is 1.02. The number of amides is 4. The van der Waals surface area contributed by atoms with E-state index in [-0.39, 0.29) is 44.9 Å². The summed E-state index contributed by atoms with van der Waals surface area (Å²) in [5.74, 6) is -3.28. The molecule has 0 N–H and O–H groups in total. The second kappa shape index (κ2) is 11.1. The molecule has 0 saturated heterocycles. The van der Waals surface area contributed by atoms with Crippen LogP contribution in [0.3, 0.4) is 0 Å². The summed E-state index contributed by atoms with van der Waals surface area (Å²) in [7, 11) is 0. The van der Waals surface area contributed by atoms with E-state index in [2.05, 4.69) is 0 Å². The Morgan fingerprint density at radius 1 is 0.413 bits per heavy atom. The third kappa shape index (κ3) is 4.80. The molecular formula is C36H20N2O8. The molecule has 10 heteroatoms. The standard InChI is InChI=1S/C36H20N2O8/c39-31-27-17-11-21(19-29(27)33(41)37(31)23-7-3-1-4-8-23)35(43)45-25-13-15-26(16-14-25)46-36(44)22-12-18-28-30(20-22)34(42)38(32(28)40)24-9-5-2-6-10-24/h1-20H. The predicted octanol–water partition coefficient (Wildman–Crippen LogP) is 5.73. The van der Waals surface area contributed by atoms with Crippen molar-refractivity contribution in [2.75, 3.05) is 9.80 Å². The van der Waals surface area contributed by atoms with Crippen molar-refractivity contribution in [2.45, 2.75) is 0 Å². The van der Waals surface area contributed by atoms with Crippen molar-refractivity contribution in [2.24, 2.45) is 0 Å². The van der Waals surface area contributed by atoms with E-state index in [9.17, 15) is 28.8 Å². The molecule has 0 fully saturated rings. The molecule has 2 heterocycles. The largest absolute Gasteiger partial charge is 0.423 e. The maximum atomic E-state index is 13.0. The van der Waals surface area contributed by atoms with E-state index in [4.69, 9.17) is 9.47 Å². The molecule has 0 radical (unpaired) electrons. The molecule has 5 aromatic carbocycles. The zero-order valence-electron chi connectivity index (χ0n) is 23.7. The molecule has 5 aromatic rings. The summed E-state index contributed by atoms with van der Waals surface area (Å²) in [6.07, 6.45) is 0. The van der Waals surface area contributed by atoms with Gasteiger partial charge in [0.05, 0.1) is 44.8 Å². The summed E-state index contributed by atoms with van der Waals surface area (Å²) < 4.78 is 10.9. The van der Waals surface area contributed by atoms with Crippen LogP contribution in [0.4, 0.5) is 11.4 Å². The van der Waals surface area contributed by atoms with Gasteiger partial charge in [0.15, 0.2) is 0 Å². The van der Waals surface area contributed by atoms with Gasteiger partial charge in [-0.3, -0.25) is 19.2 Å². The lowest BCUT2D eigenvalue weighted by atomic mass is 10.1. The molecule has 0 bridgehead atoms. The van der Waals surface area contributed by atoms with E-state index in [0.29, 0.717) is 11.4 Å². The van der Waals surface area contributed by atoms with Crippen LogP contribution in [0.5, 0.6) is 11.5 Å². The van der Waals surface area contributed by atoms with E-state index < -0.39 is 35.6 Å². The molecule has 0 atom stereocenters. The van der Waals surface area contributed by atoms with Gasteiger partial charge in [-0.1, -0.05) is 36.4 Å². The lowest BCUT2D eigenvalue weighted by molar-refractivity contribution is 0.0719. The van der Waals surface area contributed by atoms with E-state index in [0.717, 1.165) is 9.80 Å². The second-order valence-electron chi connectivity index (χ2n) is 10.3. The normalized spacial score (nSPS) is 13.5. The minimum Gasteiger partial charge on any atom is -0.423 e. The lowest BCUT2D eigenvalue weighted by Crippen LogP contribution is -2.29. The van der Waals surface area contributed by atoms with Gasteiger partial charge in [-0.2, -0.15) is 0 Å². The molecule has 0 aromatic heterocycles. The molecule has 4 amide bonds. The number of carbonyl (C=O) groups excluding carboxylic acids is 6. The Bertz CT molecular complexity index is 1960. The fourth-order valence-corrected chi connectivity index (χ4v) is 5.27. The highest BCUT2D eigenvalue weighted by Gasteiger charge is 2.38. The number of benzene rings is 5. The first-order chi connectivity index (χ1) is 22.3. The maximum Gasteiger partial charge on any atom is 0.343 e. The quantitative estimate of drug-likeness (QED) is 0.136. The topological polar surface area (TPSA) is 127 Å². The Morgan fingerprint density at radius 2 is 0.761 bits per heavy atom. The highest BCUT2D eigenvalue weighted by atomic mass is 16.5.